The monoisotopic (exact) mass is 284 g/mol. The molecule has 1 aliphatic rings. The molecule has 1 saturated heterocycles. The highest BCUT2D eigenvalue weighted by atomic mass is 32.2. The third-order valence-electron chi connectivity index (χ3n) is 3.54. The molecule has 2 rings (SSSR count). The molecule has 0 spiro atoms. The highest BCUT2D eigenvalue weighted by molar-refractivity contribution is 7.89. The highest BCUT2D eigenvalue weighted by Crippen LogP contribution is 2.24. The lowest BCUT2D eigenvalue weighted by atomic mass is 10.1. The molecule has 5 nitrogen and oxygen atoms in total. The molecule has 0 aromatic heterocycles. The van der Waals surface area contributed by atoms with Gasteiger partial charge in [-0.05, 0) is 24.5 Å². The zero-order valence-electron chi connectivity index (χ0n) is 11.1. The van der Waals surface area contributed by atoms with Crippen LogP contribution in [0.1, 0.15) is 18.4 Å². The van der Waals surface area contributed by atoms with E-state index < -0.39 is 10.0 Å². The Morgan fingerprint density at radius 1 is 1.32 bits per heavy atom. The maximum absolute atomic E-state index is 12.6. The van der Waals surface area contributed by atoms with Crippen molar-refractivity contribution in [1.82, 2.24) is 4.31 Å². The van der Waals surface area contributed by atoms with E-state index in [1.807, 2.05) is 0 Å². The molecule has 0 aliphatic carbocycles. The average Bonchev–Trinajstić information content (AvgIpc) is 2.47. The summed E-state index contributed by atoms with van der Waals surface area (Å²) in [5.41, 5.74) is 6.28. The number of ether oxygens (including phenoxy) is 1. The van der Waals surface area contributed by atoms with Crippen LogP contribution < -0.4 is 5.73 Å². The van der Waals surface area contributed by atoms with Gasteiger partial charge in [-0.1, -0.05) is 18.2 Å². The maximum Gasteiger partial charge on any atom is 0.243 e. The highest BCUT2D eigenvalue weighted by Gasteiger charge is 2.30. The second kappa shape index (κ2) is 6.00. The molecule has 0 atom stereocenters. The average molecular weight is 284 g/mol. The van der Waals surface area contributed by atoms with Gasteiger partial charge in [-0.3, -0.25) is 0 Å². The van der Waals surface area contributed by atoms with Crippen LogP contribution in [0.25, 0.3) is 0 Å². The van der Waals surface area contributed by atoms with Crippen molar-refractivity contribution in [3.8, 4) is 0 Å². The van der Waals surface area contributed by atoms with Crippen LogP contribution in [0.2, 0.25) is 0 Å². The predicted molar refractivity (Wildman–Crippen MR) is 73.1 cm³/mol. The first-order valence-electron chi connectivity index (χ1n) is 6.40. The molecule has 0 amide bonds. The van der Waals surface area contributed by atoms with Crippen molar-refractivity contribution in [3.63, 3.8) is 0 Å². The van der Waals surface area contributed by atoms with Gasteiger partial charge in [0.1, 0.15) is 0 Å². The molecule has 1 aromatic rings. The van der Waals surface area contributed by atoms with Crippen LogP contribution in [0.5, 0.6) is 0 Å². The number of sulfonamides is 1. The van der Waals surface area contributed by atoms with Crippen LogP contribution in [-0.2, 0) is 21.3 Å². The third-order valence-corrected chi connectivity index (χ3v) is 5.54. The first-order chi connectivity index (χ1) is 9.09. The number of nitrogens with zero attached hydrogens (tertiary/aromatic N) is 1. The molecule has 19 heavy (non-hydrogen) atoms. The van der Waals surface area contributed by atoms with Crippen LogP contribution in [0, 0.1) is 0 Å². The zero-order chi connectivity index (χ0) is 13.9. The van der Waals surface area contributed by atoms with E-state index in [0.29, 0.717) is 23.5 Å². The van der Waals surface area contributed by atoms with Crippen molar-refractivity contribution >= 4 is 10.0 Å². The van der Waals surface area contributed by atoms with E-state index in [0.717, 1.165) is 12.8 Å². The molecule has 0 bridgehead atoms. The van der Waals surface area contributed by atoms with Crippen LogP contribution in [0.15, 0.2) is 29.2 Å². The molecule has 1 aliphatic heterocycles. The second-order valence-electron chi connectivity index (χ2n) is 4.65. The summed E-state index contributed by atoms with van der Waals surface area (Å²) in [5.74, 6) is 0. The summed E-state index contributed by atoms with van der Waals surface area (Å²) in [6.07, 6.45) is 1.64. The summed E-state index contributed by atoms with van der Waals surface area (Å²) < 4.78 is 32.0. The number of rotatable bonds is 4. The van der Waals surface area contributed by atoms with Crippen molar-refractivity contribution < 1.29 is 13.2 Å². The smallest absolute Gasteiger partial charge is 0.243 e. The van der Waals surface area contributed by atoms with E-state index >= 15 is 0 Å². The number of hydrogen-bond acceptors (Lipinski definition) is 4. The van der Waals surface area contributed by atoms with Gasteiger partial charge < -0.3 is 10.5 Å². The normalized spacial score (nSPS) is 18.6. The van der Waals surface area contributed by atoms with Gasteiger partial charge in [-0.15, -0.1) is 0 Å². The van der Waals surface area contributed by atoms with Gasteiger partial charge in [-0.25, -0.2) is 8.42 Å². The Morgan fingerprint density at radius 2 is 1.95 bits per heavy atom. The summed E-state index contributed by atoms with van der Waals surface area (Å²) in [4.78, 5) is 0.327. The van der Waals surface area contributed by atoms with Crippen LogP contribution in [0.4, 0.5) is 0 Å². The zero-order valence-corrected chi connectivity index (χ0v) is 11.9. The number of piperidine rings is 1. The molecular formula is C13H20N2O3S. The fourth-order valence-corrected chi connectivity index (χ4v) is 4.07. The molecule has 1 aromatic carbocycles. The van der Waals surface area contributed by atoms with Gasteiger partial charge in [0.05, 0.1) is 11.0 Å². The predicted octanol–water partition coefficient (Wildman–Crippen LogP) is 0.945. The first-order valence-corrected chi connectivity index (χ1v) is 7.84. The van der Waals surface area contributed by atoms with Crippen molar-refractivity contribution in [2.75, 3.05) is 20.2 Å². The quantitative estimate of drug-likeness (QED) is 0.893. The Balaban J connectivity index is 2.23. The third kappa shape index (κ3) is 2.97. The van der Waals surface area contributed by atoms with Crippen molar-refractivity contribution in [2.45, 2.75) is 30.4 Å². The van der Waals surface area contributed by atoms with E-state index in [-0.39, 0.29) is 12.6 Å². The summed E-state index contributed by atoms with van der Waals surface area (Å²) in [7, 11) is -1.77. The maximum atomic E-state index is 12.6. The lowest BCUT2D eigenvalue weighted by molar-refractivity contribution is 0.0604. The van der Waals surface area contributed by atoms with Crippen molar-refractivity contribution in [3.05, 3.63) is 29.8 Å². The minimum Gasteiger partial charge on any atom is -0.381 e. The molecule has 1 fully saturated rings. The Kier molecular flexibility index (Phi) is 4.57. The van der Waals surface area contributed by atoms with Gasteiger partial charge in [0.25, 0.3) is 0 Å². The van der Waals surface area contributed by atoms with E-state index in [1.165, 1.54) is 4.31 Å². The molecule has 2 N–H and O–H groups in total. The van der Waals surface area contributed by atoms with E-state index in [2.05, 4.69) is 0 Å². The van der Waals surface area contributed by atoms with E-state index in [4.69, 9.17) is 10.5 Å². The standard InChI is InChI=1S/C13H20N2O3S/c1-18-12-6-8-15(9-7-12)19(16,17)13-5-3-2-4-11(13)10-14/h2-5,12H,6-10,14H2,1H3. The van der Waals surface area contributed by atoms with E-state index in [9.17, 15) is 8.42 Å². The molecule has 0 unspecified atom stereocenters. The molecule has 0 saturated carbocycles. The molecule has 0 radical (unpaired) electrons. The Labute approximate surface area is 114 Å². The van der Waals surface area contributed by atoms with Gasteiger partial charge in [0, 0.05) is 26.7 Å². The Morgan fingerprint density at radius 3 is 2.53 bits per heavy atom. The van der Waals surface area contributed by atoms with Gasteiger partial charge in [0.2, 0.25) is 10.0 Å². The lowest BCUT2D eigenvalue weighted by Crippen LogP contribution is -2.40. The summed E-state index contributed by atoms with van der Waals surface area (Å²) in [6, 6.07) is 6.92. The Hall–Kier alpha value is -0.950. The number of methoxy groups -OCH3 is 1. The van der Waals surface area contributed by atoms with Crippen molar-refractivity contribution in [2.24, 2.45) is 5.73 Å². The number of nitrogens with two attached hydrogens (primary N) is 1. The van der Waals surface area contributed by atoms with E-state index in [1.54, 1.807) is 31.4 Å². The Bertz CT molecular complexity index is 522. The van der Waals surface area contributed by atoms with Gasteiger partial charge in [-0.2, -0.15) is 4.31 Å². The van der Waals surface area contributed by atoms with Crippen LogP contribution in [0.3, 0.4) is 0 Å². The van der Waals surface area contributed by atoms with Crippen molar-refractivity contribution in [1.29, 1.82) is 0 Å². The lowest BCUT2D eigenvalue weighted by Gasteiger charge is -2.30. The molecule has 106 valence electrons. The van der Waals surface area contributed by atoms with Gasteiger partial charge >= 0.3 is 0 Å². The SMILES string of the molecule is COC1CCN(S(=O)(=O)c2ccccc2CN)CC1. The molecule has 1 heterocycles. The number of benzene rings is 1. The summed E-state index contributed by atoms with van der Waals surface area (Å²) in [6.45, 7) is 1.23. The fraction of sp³-hybridized carbons (Fsp3) is 0.538. The molecular weight excluding hydrogens is 264 g/mol. The van der Waals surface area contributed by atoms with Crippen LogP contribution in [-0.4, -0.2) is 39.0 Å². The largest absolute Gasteiger partial charge is 0.381 e. The minimum atomic E-state index is -3.44. The number of hydrogen-bond donors (Lipinski definition) is 1. The summed E-state index contributed by atoms with van der Waals surface area (Å²) >= 11 is 0. The minimum absolute atomic E-state index is 0.163. The van der Waals surface area contributed by atoms with Gasteiger partial charge in [0.15, 0.2) is 0 Å². The second-order valence-corrected chi connectivity index (χ2v) is 6.56. The topological polar surface area (TPSA) is 72.6 Å². The summed E-state index contributed by atoms with van der Waals surface area (Å²) in [5, 5.41) is 0. The first kappa shape index (κ1) is 14.5. The molecule has 6 heteroatoms. The fourth-order valence-electron chi connectivity index (χ4n) is 2.37. The van der Waals surface area contributed by atoms with Crippen LogP contribution >= 0.6 is 0 Å².